The molecule has 0 unspecified atom stereocenters. The highest BCUT2D eigenvalue weighted by Gasteiger charge is 2.25. The maximum absolute atomic E-state index is 11.8. The molecule has 0 bridgehead atoms. The second kappa shape index (κ2) is 9.89. The Morgan fingerprint density at radius 2 is 1.87 bits per heavy atom. The minimum atomic E-state index is -0.607. The third-order valence-corrected chi connectivity index (χ3v) is 5.04. The predicted octanol–water partition coefficient (Wildman–Crippen LogP) is 4.21. The number of para-hydroxylation sites is 1. The number of rotatable bonds is 6. The molecular formula is C22H21N3O4S. The Balaban J connectivity index is 1.71. The highest BCUT2D eigenvalue weighted by atomic mass is 32.2. The second-order valence-corrected chi connectivity index (χ2v) is 7.63. The summed E-state index contributed by atoms with van der Waals surface area (Å²) in [7, 11) is 1.24. The molecule has 3 rings (SSSR count). The summed E-state index contributed by atoms with van der Waals surface area (Å²) in [6.07, 6.45) is 2.65. The summed E-state index contributed by atoms with van der Waals surface area (Å²) in [5, 5.41) is 10.8. The van der Waals surface area contributed by atoms with Gasteiger partial charge in [0.05, 0.1) is 18.2 Å². The average Bonchev–Trinajstić information content (AvgIpc) is 3.08. The van der Waals surface area contributed by atoms with Gasteiger partial charge in [-0.15, -0.1) is 5.10 Å². The molecule has 0 saturated carbocycles. The van der Waals surface area contributed by atoms with Crippen LogP contribution in [0.15, 0.2) is 69.7 Å². The van der Waals surface area contributed by atoms with Crippen molar-refractivity contribution in [1.82, 2.24) is 5.32 Å². The van der Waals surface area contributed by atoms with Gasteiger partial charge in [-0.3, -0.25) is 10.1 Å². The van der Waals surface area contributed by atoms with Gasteiger partial charge < -0.3 is 9.47 Å². The number of amides is 1. The van der Waals surface area contributed by atoms with Crippen LogP contribution in [-0.2, 0) is 14.3 Å². The largest absolute Gasteiger partial charge is 0.466 e. The smallest absolute Gasteiger partial charge is 0.331 e. The van der Waals surface area contributed by atoms with E-state index in [9.17, 15) is 9.59 Å². The van der Waals surface area contributed by atoms with Crippen LogP contribution in [0.4, 0.5) is 0 Å². The minimum Gasteiger partial charge on any atom is -0.466 e. The lowest BCUT2D eigenvalue weighted by atomic mass is 10.0. The highest BCUT2D eigenvalue weighted by molar-refractivity contribution is 8.18. The average molecular weight is 423 g/mol. The zero-order chi connectivity index (χ0) is 21.5. The normalized spacial score (nSPS) is 16.5. The number of carbonyl (C=O) groups excluding carboxylic acids is 2. The first-order valence-corrected chi connectivity index (χ1v) is 10.0. The lowest BCUT2D eigenvalue weighted by Crippen LogP contribution is -2.19. The van der Waals surface area contributed by atoms with Crippen LogP contribution in [0.2, 0.25) is 0 Å². The molecule has 0 spiro atoms. The van der Waals surface area contributed by atoms with Crippen molar-refractivity contribution in [3.8, 4) is 11.5 Å². The number of hydrogen-bond donors (Lipinski definition) is 1. The van der Waals surface area contributed by atoms with Crippen LogP contribution >= 0.6 is 11.8 Å². The number of nitrogens with one attached hydrogen (secondary N) is 1. The van der Waals surface area contributed by atoms with Gasteiger partial charge in [-0.05, 0) is 47.5 Å². The number of methoxy groups -OCH3 is 1. The van der Waals surface area contributed by atoms with E-state index in [1.165, 1.54) is 12.7 Å². The van der Waals surface area contributed by atoms with Gasteiger partial charge in [0, 0.05) is 11.6 Å². The zero-order valence-electron chi connectivity index (χ0n) is 16.8. The van der Waals surface area contributed by atoms with Crippen molar-refractivity contribution in [3.05, 3.63) is 70.6 Å². The van der Waals surface area contributed by atoms with Crippen LogP contribution in [-0.4, -0.2) is 30.4 Å². The molecular weight excluding hydrogens is 402 g/mol. The van der Waals surface area contributed by atoms with E-state index < -0.39 is 11.9 Å². The van der Waals surface area contributed by atoms with E-state index in [-0.39, 0.29) is 10.1 Å². The van der Waals surface area contributed by atoms with Crippen LogP contribution in [0.3, 0.4) is 0 Å². The summed E-state index contributed by atoms with van der Waals surface area (Å²) >= 11 is 1.01. The first-order valence-electron chi connectivity index (χ1n) is 9.23. The van der Waals surface area contributed by atoms with Crippen molar-refractivity contribution in [2.45, 2.75) is 19.8 Å². The van der Waals surface area contributed by atoms with Gasteiger partial charge in [0.1, 0.15) is 11.5 Å². The Morgan fingerprint density at radius 1 is 1.13 bits per heavy atom. The first-order chi connectivity index (χ1) is 14.5. The Kier molecular flexibility index (Phi) is 7.03. The Hall–Kier alpha value is -3.39. The molecule has 0 atom stereocenters. The summed E-state index contributed by atoms with van der Waals surface area (Å²) in [5.41, 5.74) is 1.97. The van der Waals surface area contributed by atoms with Crippen LogP contribution in [0.5, 0.6) is 11.5 Å². The van der Waals surface area contributed by atoms with Crippen molar-refractivity contribution >= 4 is 35.0 Å². The summed E-state index contributed by atoms with van der Waals surface area (Å²) in [5.74, 6) is 0.781. The van der Waals surface area contributed by atoms with Crippen molar-refractivity contribution in [1.29, 1.82) is 0 Å². The van der Waals surface area contributed by atoms with Crippen LogP contribution in [0.1, 0.15) is 30.9 Å². The fraction of sp³-hybridized carbons (Fsp3) is 0.182. The van der Waals surface area contributed by atoms with Gasteiger partial charge in [-0.1, -0.05) is 38.1 Å². The molecule has 1 N–H and O–H groups in total. The van der Waals surface area contributed by atoms with Crippen molar-refractivity contribution in [2.75, 3.05) is 7.11 Å². The summed E-state index contributed by atoms with van der Waals surface area (Å²) < 4.78 is 10.5. The third-order valence-electron chi connectivity index (χ3n) is 4.14. The maximum Gasteiger partial charge on any atom is 0.331 e. The second-order valence-electron chi connectivity index (χ2n) is 6.60. The SMILES string of the molecule is COC(=O)/C=C1/S/C(=N\N=Cc2ccccc2Oc2ccc(C(C)C)cc2)NC1=O. The Bertz CT molecular complexity index is 1030. The number of benzene rings is 2. The molecule has 1 heterocycles. The molecule has 8 heteroatoms. The number of hydrogen-bond acceptors (Lipinski definition) is 7. The van der Waals surface area contributed by atoms with Gasteiger partial charge in [-0.2, -0.15) is 5.10 Å². The Morgan fingerprint density at radius 3 is 2.57 bits per heavy atom. The molecule has 0 aromatic heterocycles. The summed E-state index contributed by atoms with van der Waals surface area (Å²) in [4.78, 5) is 23.3. The van der Waals surface area contributed by atoms with E-state index in [4.69, 9.17) is 4.74 Å². The molecule has 0 aliphatic carbocycles. The molecule has 1 fully saturated rings. The lowest BCUT2D eigenvalue weighted by molar-refractivity contribution is -0.135. The zero-order valence-corrected chi connectivity index (χ0v) is 17.6. The molecule has 0 radical (unpaired) electrons. The monoisotopic (exact) mass is 423 g/mol. The van der Waals surface area contributed by atoms with Gasteiger partial charge in [0.25, 0.3) is 5.91 Å². The van der Waals surface area contributed by atoms with E-state index in [2.05, 4.69) is 34.1 Å². The highest BCUT2D eigenvalue weighted by Crippen LogP contribution is 2.26. The number of esters is 1. The summed E-state index contributed by atoms with van der Waals surface area (Å²) in [6.45, 7) is 4.28. The van der Waals surface area contributed by atoms with Crippen LogP contribution < -0.4 is 10.1 Å². The molecule has 7 nitrogen and oxygen atoms in total. The fourth-order valence-electron chi connectivity index (χ4n) is 2.51. The molecule has 1 saturated heterocycles. The molecule has 154 valence electrons. The molecule has 1 aliphatic rings. The molecule has 1 amide bonds. The fourth-order valence-corrected chi connectivity index (χ4v) is 3.25. The molecule has 2 aromatic carbocycles. The van der Waals surface area contributed by atoms with Gasteiger partial charge in [-0.25, -0.2) is 4.79 Å². The topological polar surface area (TPSA) is 89.3 Å². The van der Waals surface area contributed by atoms with E-state index in [0.717, 1.165) is 29.2 Å². The summed E-state index contributed by atoms with van der Waals surface area (Å²) in [6, 6.07) is 15.4. The first kappa shape index (κ1) is 21.3. The number of thioether (sulfide) groups is 1. The standard InChI is InChI=1S/C22H21N3O4S/c1-14(2)15-8-10-17(11-9-15)29-18-7-5-4-6-16(18)13-23-25-22-24-21(27)19(30-22)12-20(26)28-3/h4-14H,1-3H3,(H,24,25,27)/b19-12+,23-13?. The van der Waals surface area contributed by atoms with Crippen molar-refractivity contribution in [3.63, 3.8) is 0 Å². The van der Waals surface area contributed by atoms with Crippen LogP contribution in [0.25, 0.3) is 0 Å². The number of nitrogens with zero attached hydrogens (tertiary/aromatic N) is 2. The van der Waals surface area contributed by atoms with E-state index in [0.29, 0.717) is 11.7 Å². The van der Waals surface area contributed by atoms with Gasteiger partial charge in [0.15, 0.2) is 5.17 Å². The van der Waals surface area contributed by atoms with E-state index >= 15 is 0 Å². The molecule has 2 aromatic rings. The van der Waals surface area contributed by atoms with Crippen molar-refractivity contribution in [2.24, 2.45) is 10.2 Å². The van der Waals surface area contributed by atoms with Crippen LogP contribution in [0, 0.1) is 0 Å². The number of amidine groups is 1. The predicted molar refractivity (Wildman–Crippen MR) is 118 cm³/mol. The number of carbonyl (C=O) groups is 2. The van der Waals surface area contributed by atoms with Gasteiger partial charge >= 0.3 is 5.97 Å². The minimum absolute atomic E-state index is 0.198. The van der Waals surface area contributed by atoms with Gasteiger partial charge in [0.2, 0.25) is 0 Å². The molecule has 30 heavy (non-hydrogen) atoms. The van der Waals surface area contributed by atoms with E-state index in [1.54, 1.807) is 6.21 Å². The maximum atomic E-state index is 11.8. The van der Waals surface area contributed by atoms with E-state index in [1.807, 2.05) is 48.5 Å². The Labute approximate surface area is 178 Å². The third kappa shape index (κ3) is 5.57. The number of ether oxygens (including phenoxy) is 2. The molecule has 1 aliphatic heterocycles. The lowest BCUT2D eigenvalue weighted by Gasteiger charge is -2.10. The van der Waals surface area contributed by atoms with Crippen molar-refractivity contribution < 1.29 is 19.1 Å². The quantitative estimate of drug-likeness (QED) is 0.325.